The summed E-state index contributed by atoms with van der Waals surface area (Å²) in [4.78, 5) is 0. The molecule has 0 spiro atoms. The highest BCUT2D eigenvalue weighted by molar-refractivity contribution is 5.20. The van der Waals surface area contributed by atoms with Crippen LogP contribution >= 0.6 is 0 Å². The maximum absolute atomic E-state index is 5.21. The SMILES string of the molecule is CCO[13c]1[13cH][13cH][13cH][13cH][13cH]1. The van der Waals surface area contributed by atoms with Gasteiger partial charge in [-0.2, -0.15) is 0 Å². The van der Waals surface area contributed by atoms with Gasteiger partial charge in [-0.15, -0.1) is 0 Å². The van der Waals surface area contributed by atoms with Crippen LogP contribution in [0, 0.1) is 0 Å². The number of rotatable bonds is 2. The number of para-hydroxylation sites is 1. The first-order valence-corrected chi connectivity index (χ1v) is 3.11. The first-order chi connectivity index (χ1) is 4.43. The fourth-order valence-electron chi connectivity index (χ4n) is 0.683. The lowest BCUT2D eigenvalue weighted by molar-refractivity contribution is 0.340. The molecule has 0 saturated carbocycles. The zero-order valence-electron chi connectivity index (χ0n) is 5.50. The molecule has 0 unspecified atom stereocenters. The lowest BCUT2D eigenvalue weighted by Crippen LogP contribution is -1.89. The average molecular weight is 128 g/mol. The zero-order valence-corrected chi connectivity index (χ0v) is 5.50. The van der Waals surface area contributed by atoms with Gasteiger partial charge in [-0.05, 0) is 19.1 Å². The van der Waals surface area contributed by atoms with E-state index in [1.54, 1.807) is 0 Å². The summed E-state index contributed by atoms with van der Waals surface area (Å²) in [5.41, 5.74) is 0. The van der Waals surface area contributed by atoms with Crippen molar-refractivity contribution >= 4 is 0 Å². The molecule has 0 aliphatic rings. The Morgan fingerprint density at radius 3 is 2.44 bits per heavy atom. The molecule has 0 radical (unpaired) electrons. The van der Waals surface area contributed by atoms with Gasteiger partial charge >= 0.3 is 0 Å². The summed E-state index contributed by atoms with van der Waals surface area (Å²) in [5, 5.41) is 0. The van der Waals surface area contributed by atoms with E-state index in [4.69, 9.17) is 4.74 Å². The summed E-state index contributed by atoms with van der Waals surface area (Å²) in [6.45, 7) is 2.72. The van der Waals surface area contributed by atoms with E-state index in [-0.39, 0.29) is 0 Å². The van der Waals surface area contributed by atoms with Gasteiger partial charge in [0.1, 0.15) is 5.75 Å². The van der Waals surface area contributed by atoms with Crippen LogP contribution in [0.15, 0.2) is 30.3 Å². The van der Waals surface area contributed by atoms with E-state index in [1.807, 2.05) is 37.3 Å². The van der Waals surface area contributed by atoms with E-state index in [0.717, 1.165) is 12.4 Å². The average Bonchev–Trinajstić information content (AvgIpc) is 1.91. The number of hydrogen-bond donors (Lipinski definition) is 0. The van der Waals surface area contributed by atoms with E-state index in [9.17, 15) is 0 Å². The van der Waals surface area contributed by atoms with Crippen molar-refractivity contribution < 1.29 is 4.74 Å². The van der Waals surface area contributed by atoms with Crippen LogP contribution in [0.2, 0.25) is 0 Å². The standard InChI is InChI=1S/C8H10O/c1-2-9-8-6-4-3-5-7-8/h3-7H,2H2,1H3/i3+1,4+1,5+1,6+1,7+1,8+1. The molecule has 0 amide bonds. The molecule has 1 heteroatoms. The van der Waals surface area contributed by atoms with E-state index in [1.165, 1.54) is 0 Å². The second-order valence-corrected chi connectivity index (χ2v) is 1.75. The fraction of sp³-hybridized carbons (Fsp3) is 0.250. The third-order valence-electron chi connectivity index (χ3n) is 1.05. The second kappa shape index (κ2) is 3.13. The molecule has 1 rings (SSSR count). The predicted molar refractivity (Wildman–Crippen MR) is 37.6 cm³/mol. The predicted octanol–water partition coefficient (Wildman–Crippen LogP) is 2.09. The summed E-state index contributed by atoms with van der Waals surface area (Å²) in [6.07, 6.45) is 0. The summed E-state index contributed by atoms with van der Waals surface area (Å²) in [5.74, 6) is 0.944. The van der Waals surface area contributed by atoms with Gasteiger partial charge < -0.3 is 4.74 Å². The van der Waals surface area contributed by atoms with E-state index in [0.29, 0.717) is 0 Å². The van der Waals surface area contributed by atoms with Crippen LogP contribution in [-0.4, -0.2) is 6.61 Å². The van der Waals surface area contributed by atoms with Gasteiger partial charge in [-0.3, -0.25) is 0 Å². The first-order valence-electron chi connectivity index (χ1n) is 3.11. The highest BCUT2D eigenvalue weighted by Gasteiger charge is 1.83. The summed E-state index contributed by atoms with van der Waals surface area (Å²) < 4.78 is 5.21. The molecule has 1 nitrogen and oxygen atoms in total. The minimum atomic E-state index is 0.740. The number of benzene rings is 1. The van der Waals surface area contributed by atoms with Crippen LogP contribution in [0.1, 0.15) is 6.92 Å². The van der Waals surface area contributed by atoms with Crippen molar-refractivity contribution in [2.45, 2.75) is 6.92 Å². The van der Waals surface area contributed by atoms with Crippen molar-refractivity contribution in [3.8, 4) is 5.75 Å². The molecule has 0 heterocycles. The number of hydrogen-bond acceptors (Lipinski definition) is 1. The molecule has 0 atom stereocenters. The fourth-order valence-corrected chi connectivity index (χ4v) is 0.683. The van der Waals surface area contributed by atoms with E-state index >= 15 is 0 Å². The van der Waals surface area contributed by atoms with Crippen LogP contribution < -0.4 is 4.74 Å². The first kappa shape index (κ1) is 6.14. The monoisotopic (exact) mass is 128 g/mol. The Bertz CT molecular complexity index is 157. The molecule has 0 aromatic heterocycles. The largest absolute Gasteiger partial charge is 0.494 e. The summed E-state index contributed by atoms with van der Waals surface area (Å²) >= 11 is 0. The number of ether oxygens (including phenoxy) is 1. The van der Waals surface area contributed by atoms with Gasteiger partial charge in [0.15, 0.2) is 0 Å². The van der Waals surface area contributed by atoms with Gasteiger partial charge in [-0.25, -0.2) is 0 Å². The quantitative estimate of drug-likeness (QED) is 0.592. The molecular formula is C8H10O. The molecule has 9 heavy (non-hydrogen) atoms. The van der Waals surface area contributed by atoms with Crippen molar-refractivity contribution in [1.29, 1.82) is 0 Å². The van der Waals surface area contributed by atoms with Crippen molar-refractivity contribution in [2.24, 2.45) is 0 Å². The Hall–Kier alpha value is -0.980. The molecule has 0 aliphatic carbocycles. The molecule has 0 bridgehead atoms. The minimum Gasteiger partial charge on any atom is -0.494 e. The van der Waals surface area contributed by atoms with Gasteiger partial charge in [0, 0.05) is 0 Å². The zero-order chi connectivity index (χ0) is 6.53. The highest BCUT2D eigenvalue weighted by atomic mass is 16.5. The minimum absolute atomic E-state index is 0.740. The smallest absolute Gasteiger partial charge is 0.119 e. The molecule has 0 N–H and O–H groups in total. The highest BCUT2D eigenvalue weighted by Crippen LogP contribution is 2.06. The van der Waals surface area contributed by atoms with Gasteiger partial charge in [0.25, 0.3) is 0 Å². The summed E-state index contributed by atoms with van der Waals surface area (Å²) in [6, 6.07) is 9.80. The lowest BCUT2D eigenvalue weighted by atomic mass is 10.9. The Kier molecular flexibility index (Phi) is 2.13. The Morgan fingerprint density at radius 2 is 1.89 bits per heavy atom. The van der Waals surface area contributed by atoms with Crippen molar-refractivity contribution in [3.63, 3.8) is 0 Å². The summed E-state index contributed by atoms with van der Waals surface area (Å²) in [7, 11) is 0. The normalized spacial score (nSPS) is 9.00. The Labute approximate surface area is 55.3 Å². The van der Waals surface area contributed by atoms with Gasteiger partial charge in [-0.1, -0.05) is 18.2 Å². The maximum Gasteiger partial charge on any atom is 0.119 e. The van der Waals surface area contributed by atoms with Gasteiger partial charge in [0.2, 0.25) is 0 Å². The Morgan fingerprint density at radius 1 is 1.22 bits per heavy atom. The molecular weight excluding hydrogens is 118 g/mol. The molecule has 0 saturated heterocycles. The van der Waals surface area contributed by atoms with Crippen molar-refractivity contribution in [1.82, 2.24) is 0 Å². The molecule has 1 aromatic carbocycles. The van der Waals surface area contributed by atoms with Crippen molar-refractivity contribution in [3.05, 3.63) is 30.3 Å². The molecule has 1 aromatic rings. The lowest BCUT2D eigenvalue weighted by Gasteiger charge is -1.99. The third kappa shape index (κ3) is 1.76. The van der Waals surface area contributed by atoms with Crippen LogP contribution in [0.4, 0.5) is 0 Å². The van der Waals surface area contributed by atoms with Crippen LogP contribution in [-0.2, 0) is 0 Å². The van der Waals surface area contributed by atoms with Crippen LogP contribution in [0.3, 0.4) is 0 Å². The van der Waals surface area contributed by atoms with Crippen molar-refractivity contribution in [2.75, 3.05) is 6.61 Å². The van der Waals surface area contributed by atoms with E-state index in [2.05, 4.69) is 0 Å². The van der Waals surface area contributed by atoms with Gasteiger partial charge in [0.05, 0.1) is 6.61 Å². The van der Waals surface area contributed by atoms with Crippen LogP contribution in [0.5, 0.6) is 5.75 Å². The third-order valence-corrected chi connectivity index (χ3v) is 1.05. The maximum atomic E-state index is 5.21. The molecule has 0 fully saturated rings. The molecule has 0 aliphatic heterocycles. The Balaban J connectivity index is 2.61. The second-order valence-electron chi connectivity index (χ2n) is 1.75. The topological polar surface area (TPSA) is 9.23 Å². The van der Waals surface area contributed by atoms with E-state index < -0.39 is 0 Å². The molecule has 48 valence electrons. The van der Waals surface area contributed by atoms with Crippen LogP contribution in [0.25, 0.3) is 0 Å².